The lowest BCUT2D eigenvalue weighted by Crippen LogP contribution is -2.04. The highest BCUT2D eigenvalue weighted by molar-refractivity contribution is 9.10. The van der Waals surface area contributed by atoms with E-state index < -0.39 is 11.6 Å². The molecule has 0 unspecified atom stereocenters. The van der Waals surface area contributed by atoms with Crippen molar-refractivity contribution in [1.29, 1.82) is 0 Å². The first-order chi connectivity index (χ1) is 9.06. The molecule has 1 aromatic heterocycles. The Morgan fingerprint density at radius 2 is 2.00 bits per heavy atom. The number of rotatable bonds is 3. The average Bonchev–Trinajstić information content (AvgIpc) is 2.38. The van der Waals surface area contributed by atoms with Gasteiger partial charge in [-0.05, 0) is 34.5 Å². The summed E-state index contributed by atoms with van der Waals surface area (Å²) in [4.78, 5) is 7.87. The van der Waals surface area contributed by atoms with Crippen molar-refractivity contribution in [2.45, 2.75) is 19.8 Å². The number of hydrogen-bond donors (Lipinski definition) is 1. The smallest absolute Gasteiger partial charge is 0.149 e. The summed E-state index contributed by atoms with van der Waals surface area (Å²) in [6, 6.07) is 2.51. The van der Waals surface area contributed by atoms with Crippen LogP contribution in [0.3, 0.4) is 0 Å². The number of benzene rings is 1. The summed E-state index contributed by atoms with van der Waals surface area (Å²) in [6.07, 6.45) is 2.55. The number of nitrogens with two attached hydrogens (primary N) is 1. The number of hydrogen-bond acceptors (Lipinski definition) is 3. The monoisotopic (exact) mass is 327 g/mol. The molecule has 0 bridgehead atoms. The van der Waals surface area contributed by atoms with Gasteiger partial charge in [0.05, 0.1) is 15.7 Å². The number of anilines is 1. The fraction of sp³-hybridized carbons (Fsp3) is 0.231. The van der Waals surface area contributed by atoms with Crippen molar-refractivity contribution in [2.75, 3.05) is 5.73 Å². The lowest BCUT2D eigenvalue weighted by Gasteiger charge is -2.12. The third-order valence-electron chi connectivity index (χ3n) is 2.76. The molecule has 1 aromatic carbocycles. The lowest BCUT2D eigenvalue weighted by molar-refractivity contribution is 0.584. The van der Waals surface area contributed by atoms with Gasteiger partial charge in [-0.25, -0.2) is 18.7 Å². The Balaban J connectivity index is 2.72. The standard InChI is InChI=1S/C13H12BrF2N3/c1-2-3-7-12(18-6-19-13(7)17)10-9(15)5-4-8(14)11(10)16/h4-6H,2-3H2,1H3,(H2,17,18,19). The van der Waals surface area contributed by atoms with Crippen LogP contribution < -0.4 is 5.73 Å². The second kappa shape index (κ2) is 5.61. The highest BCUT2D eigenvalue weighted by atomic mass is 79.9. The van der Waals surface area contributed by atoms with Gasteiger partial charge in [-0.1, -0.05) is 13.3 Å². The van der Waals surface area contributed by atoms with Gasteiger partial charge in [0.2, 0.25) is 0 Å². The first-order valence-corrected chi connectivity index (χ1v) is 6.58. The highest BCUT2D eigenvalue weighted by Crippen LogP contribution is 2.33. The zero-order valence-corrected chi connectivity index (χ0v) is 11.8. The molecular formula is C13H12BrF2N3. The van der Waals surface area contributed by atoms with E-state index >= 15 is 0 Å². The van der Waals surface area contributed by atoms with E-state index in [2.05, 4.69) is 25.9 Å². The molecule has 0 saturated carbocycles. The van der Waals surface area contributed by atoms with Crippen molar-refractivity contribution in [2.24, 2.45) is 0 Å². The minimum atomic E-state index is -0.685. The summed E-state index contributed by atoms with van der Waals surface area (Å²) >= 11 is 3.04. The molecule has 0 aliphatic carbocycles. The van der Waals surface area contributed by atoms with E-state index in [4.69, 9.17) is 5.73 Å². The van der Waals surface area contributed by atoms with Gasteiger partial charge in [-0.3, -0.25) is 0 Å². The fourth-order valence-corrected chi connectivity index (χ4v) is 2.21. The van der Waals surface area contributed by atoms with Crippen LogP contribution in [0.25, 0.3) is 11.3 Å². The third kappa shape index (κ3) is 2.58. The fourth-order valence-electron chi connectivity index (χ4n) is 1.88. The van der Waals surface area contributed by atoms with Gasteiger partial charge in [0.15, 0.2) is 0 Å². The maximum Gasteiger partial charge on any atom is 0.149 e. The Bertz CT molecular complexity index is 617. The Morgan fingerprint density at radius 3 is 2.68 bits per heavy atom. The zero-order valence-electron chi connectivity index (χ0n) is 10.3. The van der Waals surface area contributed by atoms with E-state index in [0.717, 1.165) is 6.42 Å². The first kappa shape index (κ1) is 13.9. The van der Waals surface area contributed by atoms with Crippen LogP contribution in [-0.2, 0) is 6.42 Å². The van der Waals surface area contributed by atoms with Gasteiger partial charge in [-0.2, -0.15) is 0 Å². The van der Waals surface area contributed by atoms with Crippen LogP contribution in [0.2, 0.25) is 0 Å². The summed E-state index contributed by atoms with van der Waals surface area (Å²) in [7, 11) is 0. The van der Waals surface area contributed by atoms with Crippen molar-refractivity contribution in [3.8, 4) is 11.3 Å². The Morgan fingerprint density at radius 1 is 1.26 bits per heavy atom. The van der Waals surface area contributed by atoms with E-state index in [-0.39, 0.29) is 21.5 Å². The topological polar surface area (TPSA) is 51.8 Å². The maximum absolute atomic E-state index is 14.1. The van der Waals surface area contributed by atoms with Gasteiger partial charge in [0, 0.05) is 5.56 Å². The van der Waals surface area contributed by atoms with E-state index in [1.165, 1.54) is 18.5 Å². The Hall–Kier alpha value is -1.56. The van der Waals surface area contributed by atoms with Crippen LogP contribution in [0.15, 0.2) is 22.9 Å². The molecule has 19 heavy (non-hydrogen) atoms. The quantitative estimate of drug-likeness (QED) is 0.874. The van der Waals surface area contributed by atoms with Crippen molar-refractivity contribution >= 4 is 21.7 Å². The van der Waals surface area contributed by atoms with Crippen molar-refractivity contribution in [3.63, 3.8) is 0 Å². The predicted molar refractivity (Wildman–Crippen MR) is 73.5 cm³/mol. The molecule has 0 radical (unpaired) electrons. The second-order valence-electron chi connectivity index (χ2n) is 4.05. The predicted octanol–water partition coefficient (Wildman–Crippen LogP) is 3.72. The van der Waals surface area contributed by atoms with Crippen LogP contribution in [-0.4, -0.2) is 9.97 Å². The summed E-state index contributed by atoms with van der Waals surface area (Å²) in [6.45, 7) is 1.95. The zero-order chi connectivity index (χ0) is 14.0. The summed E-state index contributed by atoms with van der Waals surface area (Å²) in [5.41, 5.74) is 6.38. The largest absolute Gasteiger partial charge is 0.383 e. The Labute approximate surface area is 118 Å². The van der Waals surface area contributed by atoms with Crippen LogP contribution in [0.4, 0.5) is 14.6 Å². The van der Waals surface area contributed by atoms with E-state index in [0.29, 0.717) is 12.0 Å². The third-order valence-corrected chi connectivity index (χ3v) is 3.37. The van der Waals surface area contributed by atoms with Crippen LogP contribution in [0.5, 0.6) is 0 Å². The number of nitrogen functional groups attached to an aromatic ring is 1. The molecule has 3 nitrogen and oxygen atoms in total. The molecule has 0 spiro atoms. The van der Waals surface area contributed by atoms with Crippen LogP contribution in [0.1, 0.15) is 18.9 Å². The molecule has 0 aliphatic heterocycles. The number of aromatic nitrogens is 2. The highest BCUT2D eigenvalue weighted by Gasteiger charge is 2.20. The summed E-state index contributed by atoms with van der Waals surface area (Å²) in [5.74, 6) is -1.10. The van der Waals surface area contributed by atoms with Crippen molar-refractivity contribution < 1.29 is 8.78 Å². The number of nitrogens with zero attached hydrogens (tertiary/aromatic N) is 2. The molecule has 6 heteroatoms. The molecule has 2 rings (SSSR count). The molecule has 0 saturated heterocycles. The van der Waals surface area contributed by atoms with Crippen molar-refractivity contribution in [3.05, 3.63) is 40.1 Å². The average molecular weight is 328 g/mol. The molecule has 0 amide bonds. The molecule has 100 valence electrons. The summed E-state index contributed by atoms with van der Waals surface area (Å²) in [5, 5.41) is 0. The minimum absolute atomic E-state index is 0.174. The van der Waals surface area contributed by atoms with Crippen LogP contribution >= 0.6 is 15.9 Å². The SMILES string of the molecule is CCCc1c(N)ncnc1-c1c(F)ccc(Br)c1F. The molecule has 1 heterocycles. The molecule has 0 aliphatic rings. The van der Waals surface area contributed by atoms with Gasteiger partial charge in [-0.15, -0.1) is 0 Å². The van der Waals surface area contributed by atoms with Crippen molar-refractivity contribution in [1.82, 2.24) is 9.97 Å². The molecule has 2 aromatic rings. The van der Waals surface area contributed by atoms with Gasteiger partial charge < -0.3 is 5.73 Å². The first-order valence-electron chi connectivity index (χ1n) is 5.79. The van der Waals surface area contributed by atoms with E-state index in [9.17, 15) is 8.78 Å². The number of halogens is 3. The summed E-state index contributed by atoms with van der Waals surface area (Å²) < 4.78 is 28.2. The Kier molecular flexibility index (Phi) is 4.09. The normalized spacial score (nSPS) is 10.7. The van der Waals surface area contributed by atoms with E-state index in [1.54, 1.807) is 0 Å². The molecule has 2 N–H and O–H groups in total. The minimum Gasteiger partial charge on any atom is -0.383 e. The van der Waals surface area contributed by atoms with Gasteiger partial charge in [0.25, 0.3) is 0 Å². The second-order valence-corrected chi connectivity index (χ2v) is 4.91. The molecule has 0 atom stereocenters. The van der Waals surface area contributed by atoms with Gasteiger partial charge in [0.1, 0.15) is 23.8 Å². The lowest BCUT2D eigenvalue weighted by atomic mass is 10.0. The molecular weight excluding hydrogens is 316 g/mol. The van der Waals surface area contributed by atoms with E-state index in [1.807, 2.05) is 6.92 Å². The maximum atomic E-state index is 14.1. The van der Waals surface area contributed by atoms with Gasteiger partial charge >= 0.3 is 0 Å². The molecule has 0 fully saturated rings. The van der Waals surface area contributed by atoms with Crippen LogP contribution in [0, 0.1) is 11.6 Å².